The zero-order valence-corrected chi connectivity index (χ0v) is 16.9. The van der Waals surface area contributed by atoms with Gasteiger partial charge in [-0.2, -0.15) is 0 Å². The number of hydrogen-bond acceptors (Lipinski definition) is 4. The quantitative estimate of drug-likeness (QED) is 0.577. The number of hydrogen-bond donors (Lipinski definition) is 1. The number of nitrogens with one attached hydrogen (secondary N) is 1. The minimum absolute atomic E-state index is 0.163. The number of amides is 1. The number of carbonyl (C=O) groups excluding carboxylic acids is 3. The predicted octanol–water partition coefficient (Wildman–Crippen LogP) is 3.96. The van der Waals surface area contributed by atoms with Crippen molar-refractivity contribution in [1.29, 1.82) is 0 Å². The second-order valence-corrected chi connectivity index (χ2v) is 7.07. The number of nitrogens with zero attached hydrogens (tertiary/aromatic N) is 1. The molecule has 2 atom stereocenters. The fourth-order valence-electron chi connectivity index (χ4n) is 2.50. The van der Waals surface area contributed by atoms with Crippen LogP contribution in [0.1, 0.15) is 53.2 Å². The van der Waals surface area contributed by atoms with Gasteiger partial charge in [0.1, 0.15) is 5.69 Å². The molecule has 0 unspecified atom stereocenters. The summed E-state index contributed by atoms with van der Waals surface area (Å²) in [6.45, 7) is 4.64. The third kappa shape index (κ3) is 5.11. The van der Waals surface area contributed by atoms with Gasteiger partial charge in [0.2, 0.25) is 0 Å². The second-order valence-electron chi connectivity index (χ2n) is 6.22. The van der Waals surface area contributed by atoms with E-state index in [1.165, 1.54) is 30.7 Å². The summed E-state index contributed by atoms with van der Waals surface area (Å²) in [5.74, 6) is -1.32. The fourth-order valence-corrected chi connectivity index (χ4v) is 3.07. The number of aromatic nitrogens is 1. The van der Waals surface area contributed by atoms with Crippen molar-refractivity contribution in [1.82, 2.24) is 9.88 Å². The zero-order valence-electron chi connectivity index (χ0n) is 15.4. The van der Waals surface area contributed by atoms with Gasteiger partial charge in [-0.3, -0.25) is 9.59 Å². The van der Waals surface area contributed by atoms with E-state index in [1.54, 1.807) is 32.2 Å². The van der Waals surface area contributed by atoms with Crippen LogP contribution in [0.15, 0.2) is 30.5 Å². The van der Waals surface area contributed by atoms with Crippen LogP contribution in [-0.2, 0) is 16.6 Å². The van der Waals surface area contributed by atoms with Gasteiger partial charge in [0, 0.05) is 28.9 Å². The van der Waals surface area contributed by atoms with E-state index in [0.29, 0.717) is 21.2 Å². The lowest BCUT2D eigenvalue weighted by molar-refractivity contribution is -0.129. The second kappa shape index (κ2) is 8.59. The number of esters is 1. The van der Waals surface area contributed by atoms with Gasteiger partial charge in [-0.1, -0.05) is 29.3 Å². The van der Waals surface area contributed by atoms with Crippen LogP contribution < -0.4 is 5.32 Å². The molecule has 0 aliphatic rings. The van der Waals surface area contributed by atoms with E-state index in [-0.39, 0.29) is 11.5 Å². The van der Waals surface area contributed by atoms with Crippen LogP contribution >= 0.6 is 23.2 Å². The predicted molar refractivity (Wildman–Crippen MR) is 103 cm³/mol. The molecule has 8 heteroatoms. The molecule has 144 valence electrons. The number of carbonyl (C=O) groups is 3. The molecule has 0 spiro atoms. The third-order valence-corrected chi connectivity index (χ3v) is 4.62. The molecule has 1 amide bonds. The maximum absolute atomic E-state index is 12.4. The summed E-state index contributed by atoms with van der Waals surface area (Å²) in [6.07, 6.45) is 0.510. The molecule has 0 aliphatic heterocycles. The first kappa shape index (κ1) is 21.0. The lowest BCUT2D eigenvalue weighted by Crippen LogP contribution is -2.37. The van der Waals surface area contributed by atoms with Crippen molar-refractivity contribution in [2.24, 2.45) is 7.05 Å². The van der Waals surface area contributed by atoms with E-state index in [4.69, 9.17) is 27.9 Å². The highest BCUT2D eigenvalue weighted by atomic mass is 35.5. The monoisotopic (exact) mass is 410 g/mol. The highest BCUT2D eigenvalue weighted by Crippen LogP contribution is 2.26. The van der Waals surface area contributed by atoms with Crippen molar-refractivity contribution in [3.63, 3.8) is 0 Å². The van der Waals surface area contributed by atoms with Crippen molar-refractivity contribution >= 4 is 40.9 Å². The van der Waals surface area contributed by atoms with E-state index >= 15 is 0 Å². The normalized spacial score (nSPS) is 13.0. The Morgan fingerprint density at radius 2 is 1.81 bits per heavy atom. The van der Waals surface area contributed by atoms with Crippen LogP contribution in [0.5, 0.6) is 0 Å². The minimum Gasteiger partial charge on any atom is -0.448 e. The van der Waals surface area contributed by atoms with Gasteiger partial charge in [-0.25, -0.2) is 4.79 Å². The topological polar surface area (TPSA) is 77.4 Å². The Morgan fingerprint density at radius 3 is 2.37 bits per heavy atom. The summed E-state index contributed by atoms with van der Waals surface area (Å²) < 4.78 is 6.71. The van der Waals surface area contributed by atoms with Gasteiger partial charge in [0.25, 0.3) is 5.91 Å². The highest BCUT2D eigenvalue weighted by Gasteiger charge is 2.23. The molecule has 2 rings (SSSR count). The van der Waals surface area contributed by atoms with E-state index in [2.05, 4.69) is 5.32 Å². The molecule has 0 saturated heterocycles. The number of ether oxygens (including phenoxy) is 1. The molecule has 0 saturated carbocycles. The summed E-state index contributed by atoms with van der Waals surface area (Å²) in [4.78, 5) is 36.1. The number of Topliss-reactive ketones (excluding diaryl/α,β-unsaturated/α-hetero) is 1. The molecule has 6 nitrogen and oxygen atoms in total. The molecular weight excluding hydrogens is 391 g/mol. The van der Waals surface area contributed by atoms with Crippen molar-refractivity contribution in [3.8, 4) is 0 Å². The molecule has 1 aromatic heterocycles. The van der Waals surface area contributed by atoms with Crippen molar-refractivity contribution in [3.05, 3.63) is 57.3 Å². The molecule has 1 aromatic carbocycles. The van der Waals surface area contributed by atoms with Gasteiger partial charge in [0.05, 0.1) is 6.04 Å². The minimum atomic E-state index is -1.03. The van der Waals surface area contributed by atoms with Crippen LogP contribution in [0.4, 0.5) is 0 Å². The SMILES string of the molecule is CC(=O)c1cc(C(=O)O[C@H](C)C(=O)N[C@@H](C)c2ccc(Cl)cc2Cl)n(C)c1. The van der Waals surface area contributed by atoms with Crippen LogP contribution in [0.25, 0.3) is 0 Å². The van der Waals surface area contributed by atoms with Gasteiger partial charge in [-0.05, 0) is 44.5 Å². The van der Waals surface area contributed by atoms with Crippen LogP contribution in [0.2, 0.25) is 10.0 Å². The van der Waals surface area contributed by atoms with Gasteiger partial charge >= 0.3 is 5.97 Å². The van der Waals surface area contributed by atoms with Crippen LogP contribution in [-0.4, -0.2) is 28.3 Å². The number of halogens is 2. The van der Waals surface area contributed by atoms with Gasteiger partial charge in [-0.15, -0.1) is 0 Å². The average molecular weight is 411 g/mol. The Hall–Kier alpha value is -2.31. The fraction of sp³-hybridized carbons (Fsp3) is 0.316. The third-order valence-electron chi connectivity index (χ3n) is 4.06. The summed E-state index contributed by atoms with van der Waals surface area (Å²) in [5.41, 5.74) is 1.28. The maximum atomic E-state index is 12.4. The summed E-state index contributed by atoms with van der Waals surface area (Å²) >= 11 is 12.0. The molecule has 0 radical (unpaired) electrons. The molecule has 0 fully saturated rings. The Balaban J connectivity index is 2.02. The molecular formula is C19H20Cl2N2O4. The Labute approximate surface area is 167 Å². The average Bonchev–Trinajstić information content (AvgIpc) is 2.96. The Morgan fingerprint density at radius 1 is 1.15 bits per heavy atom. The van der Waals surface area contributed by atoms with Gasteiger partial charge < -0.3 is 14.6 Å². The van der Waals surface area contributed by atoms with Gasteiger partial charge in [0.15, 0.2) is 11.9 Å². The van der Waals surface area contributed by atoms with E-state index in [9.17, 15) is 14.4 Å². The van der Waals surface area contributed by atoms with Crippen molar-refractivity contribution in [2.45, 2.75) is 32.9 Å². The molecule has 0 bridgehead atoms. The van der Waals surface area contributed by atoms with Crippen molar-refractivity contribution < 1.29 is 19.1 Å². The standard InChI is InChI=1S/C19H20Cl2N2O4/c1-10(15-6-5-14(20)8-16(15)21)22-18(25)12(3)27-19(26)17-7-13(11(2)24)9-23(17)4/h5-10,12H,1-4H3,(H,22,25)/t10-,12+/m0/s1. The number of ketones is 1. The maximum Gasteiger partial charge on any atom is 0.355 e. The van der Waals surface area contributed by atoms with E-state index in [0.717, 1.165) is 0 Å². The number of aryl methyl sites for hydroxylation is 1. The first-order chi connectivity index (χ1) is 12.6. The molecule has 27 heavy (non-hydrogen) atoms. The summed E-state index contributed by atoms with van der Waals surface area (Å²) in [7, 11) is 1.62. The lowest BCUT2D eigenvalue weighted by atomic mass is 10.1. The number of benzene rings is 1. The molecule has 0 aliphatic carbocycles. The van der Waals surface area contributed by atoms with E-state index < -0.39 is 24.0 Å². The number of rotatable bonds is 6. The van der Waals surface area contributed by atoms with Crippen LogP contribution in [0.3, 0.4) is 0 Å². The Bertz CT molecular complexity index is 892. The van der Waals surface area contributed by atoms with E-state index in [1.807, 2.05) is 0 Å². The smallest absolute Gasteiger partial charge is 0.355 e. The lowest BCUT2D eigenvalue weighted by Gasteiger charge is -2.19. The largest absolute Gasteiger partial charge is 0.448 e. The molecule has 2 aromatic rings. The Kier molecular flexibility index (Phi) is 6.68. The zero-order chi connectivity index (χ0) is 20.3. The van der Waals surface area contributed by atoms with Crippen LogP contribution in [0, 0.1) is 0 Å². The summed E-state index contributed by atoms with van der Waals surface area (Å²) in [6, 6.07) is 6.02. The summed E-state index contributed by atoms with van der Waals surface area (Å²) in [5, 5.41) is 3.67. The first-order valence-electron chi connectivity index (χ1n) is 8.23. The highest BCUT2D eigenvalue weighted by molar-refractivity contribution is 6.35. The molecule has 1 heterocycles. The first-order valence-corrected chi connectivity index (χ1v) is 8.99. The molecule has 1 N–H and O–H groups in total. The van der Waals surface area contributed by atoms with Crippen molar-refractivity contribution in [2.75, 3.05) is 0 Å².